The molecule has 1 aromatic rings. The molecule has 0 saturated heterocycles. The van der Waals surface area contributed by atoms with E-state index in [1.54, 1.807) is 25.3 Å². The zero-order valence-electron chi connectivity index (χ0n) is 12.5. The maximum Gasteiger partial charge on any atom is 0.407 e. The number of carbonyl (C=O) groups is 2. The van der Waals surface area contributed by atoms with Crippen LogP contribution >= 0.6 is 0 Å². The summed E-state index contributed by atoms with van der Waals surface area (Å²) in [6.07, 6.45) is -0.446. The summed E-state index contributed by atoms with van der Waals surface area (Å²) in [4.78, 5) is 22.2. The molecule has 116 valence electrons. The Bertz CT molecular complexity index is 491. The number of amides is 2. The highest BCUT2D eigenvalue weighted by Crippen LogP contribution is 2.27. The summed E-state index contributed by atoms with van der Waals surface area (Å²) in [6, 6.07) is 5.25. The first-order valence-electron chi connectivity index (χ1n) is 6.67. The second-order valence-electron chi connectivity index (χ2n) is 4.19. The number of nitrogens with one attached hydrogen (secondary N) is 3. The van der Waals surface area contributed by atoms with Gasteiger partial charge in [-0.05, 0) is 25.1 Å². The van der Waals surface area contributed by atoms with Crippen molar-refractivity contribution >= 4 is 23.4 Å². The smallest absolute Gasteiger partial charge is 0.407 e. The Balaban J connectivity index is 2.55. The SMILES string of the molecule is CCNC(=O)OCCNc1cc(NC(C)=O)ccc1OC. The lowest BCUT2D eigenvalue weighted by atomic mass is 10.2. The van der Waals surface area contributed by atoms with Crippen LogP contribution in [0.15, 0.2) is 18.2 Å². The van der Waals surface area contributed by atoms with E-state index in [1.165, 1.54) is 6.92 Å². The number of ether oxygens (including phenoxy) is 2. The lowest BCUT2D eigenvalue weighted by molar-refractivity contribution is -0.114. The van der Waals surface area contributed by atoms with E-state index >= 15 is 0 Å². The molecule has 2 amide bonds. The van der Waals surface area contributed by atoms with Crippen LogP contribution < -0.4 is 20.7 Å². The Labute approximate surface area is 124 Å². The molecule has 21 heavy (non-hydrogen) atoms. The molecule has 0 fully saturated rings. The average Bonchev–Trinajstić information content (AvgIpc) is 2.43. The van der Waals surface area contributed by atoms with Gasteiger partial charge >= 0.3 is 6.09 Å². The van der Waals surface area contributed by atoms with Crippen LogP contribution in [0.3, 0.4) is 0 Å². The molecule has 0 saturated carbocycles. The van der Waals surface area contributed by atoms with Crippen LogP contribution in [0.25, 0.3) is 0 Å². The van der Waals surface area contributed by atoms with Crippen LogP contribution in [-0.2, 0) is 9.53 Å². The third-order valence-electron chi connectivity index (χ3n) is 2.49. The second-order valence-corrected chi connectivity index (χ2v) is 4.19. The van der Waals surface area contributed by atoms with Gasteiger partial charge in [0.05, 0.1) is 12.8 Å². The van der Waals surface area contributed by atoms with Gasteiger partial charge in [0.2, 0.25) is 5.91 Å². The van der Waals surface area contributed by atoms with E-state index in [-0.39, 0.29) is 12.5 Å². The molecule has 0 aromatic heterocycles. The lowest BCUT2D eigenvalue weighted by Gasteiger charge is -2.13. The van der Waals surface area contributed by atoms with E-state index in [9.17, 15) is 9.59 Å². The molecule has 0 radical (unpaired) electrons. The minimum absolute atomic E-state index is 0.148. The molecule has 0 spiro atoms. The van der Waals surface area contributed by atoms with Crippen molar-refractivity contribution in [1.29, 1.82) is 0 Å². The van der Waals surface area contributed by atoms with Crippen molar-refractivity contribution in [2.75, 3.05) is 37.4 Å². The maximum absolute atomic E-state index is 11.1. The van der Waals surface area contributed by atoms with Gasteiger partial charge in [-0.25, -0.2) is 4.79 Å². The summed E-state index contributed by atoms with van der Waals surface area (Å²) in [5, 5.41) is 8.32. The van der Waals surface area contributed by atoms with Crippen LogP contribution in [0, 0.1) is 0 Å². The molecular formula is C14H21N3O4. The highest BCUT2D eigenvalue weighted by molar-refractivity contribution is 5.89. The molecule has 1 aromatic carbocycles. The molecule has 0 unspecified atom stereocenters. The number of hydrogen-bond acceptors (Lipinski definition) is 5. The summed E-state index contributed by atoms with van der Waals surface area (Å²) in [5.41, 5.74) is 1.37. The summed E-state index contributed by atoms with van der Waals surface area (Å²) < 4.78 is 10.2. The Kier molecular flexibility index (Phi) is 6.86. The minimum atomic E-state index is -0.446. The predicted octanol–water partition coefficient (Wildman–Crippen LogP) is 1.81. The normalized spacial score (nSPS) is 9.67. The van der Waals surface area contributed by atoms with Gasteiger partial charge < -0.3 is 25.4 Å². The number of carbonyl (C=O) groups excluding carboxylic acids is 2. The molecule has 0 aliphatic heterocycles. The van der Waals surface area contributed by atoms with Crippen molar-refractivity contribution in [3.05, 3.63) is 18.2 Å². The molecule has 0 atom stereocenters. The van der Waals surface area contributed by atoms with Crippen molar-refractivity contribution in [1.82, 2.24) is 5.32 Å². The highest BCUT2D eigenvalue weighted by atomic mass is 16.5. The average molecular weight is 295 g/mol. The molecular weight excluding hydrogens is 274 g/mol. The minimum Gasteiger partial charge on any atom is -0.495 e. The first-order chi connectivity index (χ1) is 10.1. The van der Waals surface area contributed by atoms with Gasteiger partial charge in [0, 0.05) is 25.7 Å². The molecule has 1 rings (SSSR count). The summed E-state index contributed by atoms with van der Waals surface area (Å²) in [7, 11) is 1.56. The Morgan fingerprint density at radius 2 is 2.05 bits per heavy atom. The zero-order chi connectivity index (χ0) is 15.7. The van der Waals surface area contributed by atoms with Crippen LogP contribution in [0.1, 0.15) is 13.8 Å². The van der Waals surface area contributed by atoms with Crippen molar-refractivity contribution in [3.8, 4) is 5.75 Å². The van der Waals surface area contributed by atoms with Gasteiger partial charge in [0.15, 0.2) is 0 Å². The quantitative estimate of drug-likeness (QED) is 0.668. The van der Waals surface area contributed by atoms with Crippen molar-refractivity contribution in [2.24, 2.45) is 0 Å². The highest BCUT2D eigenvalue weighted by Gasteiger charge is 2.06. The summed E-state index contributed by atoms with van der Waals surface area (Å²) in [6.45, 7) is 4.44. The Morgan fingerprint density at radius 3 is 2.67 bits per heavy atom. The number of methoxy groups -OCH3 is 1. The zero-order valence-corrected chi connectivity index (χ0v) is 12.5. The number of rotatable bonds is 7. The third-order valence-corrected chi connectivity index (χ3v) is 2.49. The van der Waals surface area contributed by atoms with Crippen LogP contribution in [-0.4, -0.2) is 38.8 Å². The van der Waals surface area contributed by atoms with E-state index in [1.807, 2.05) is 6.92 Å². The fourth-order valence-electron chi connectivity index (χ4n) is 1.65. The van der Waals surface area contributed by atoms with Gasteiger partial charge in [0.1, 0.15) is 12.4 Å². The van der Waals surface area contributed by atoms with Crippen LogP contribution in [0.5, 0.6) is 5.75 Å². The lowest BCUT2D eigenvalue weighted by Crippen LogP contribution is -2.25. The van der Waals surface area contributed by atoms with Gasteiger partial charge in [-0.2, -0.15) is 0 Å². The fraction of sp³-hybridized carbons (Fsp3) is 0.429. The van der Waals surface area contributed by atoms with Crippen LogP contribution in [0.4, 0.5) is 16.2 Å². The molecule has 7 nitrogen and oxygen atoms in total. The van der Waals surface area contributed by atoms with E-state index in [0.717, 1.165) is 0 Å². The van der Waals surface area contributed by atoms with E-state index in [2.05, 4.69) is 16.0 Å². The summed E-state index contributed by atoms with van der Waals surface area (Å²) in [5.74, 6) is 0.493. The molecule has 0 aliphatic rings. The Morgan fingerprint density at radius 1 is 1.29 bits per heavy atom. The van der Waals surface area contributed by atoms with Gasteiger partial charge in [-0.3, -0.25) is 4.79 Å². The van der Waals surface area contributed by atoms with Gasteiger partial charge in [-0.15, -0.1) is 0 Å². The largest absolute Gasteiger partial charge is 0.495 e. The monoisotopic (exact) mass is 295 g/mol. The molecule has 3 N–H and O–H groups in total. The standard InChI is InChI=1S/C14H21N3O4/c1-4-15-14(19)21-8-7-16-12-9-11(17-10(2)18)5-6-13(12)20-3/h5-6,9,16H,4,7-8H2,1-3H3,(H,15,19)(H,17,18). The first kappa shape index (κ1) is 16.6. The van der Waals surface area contributed by atoms with Crippen LogP contribution in [0.2, 0.25) is 0 Å². The molecule has 0 heterocycles. The van der Waals surface area contributed by atoms with Crippen molar-refractivity contribution < 1.29 is 19.1 Å². The predicted molar refractivity (Wildman–Crippen MR) is 80.8 cm³/mol. The fourth-order valence-corrected chi connectivity index (χ4v) is 1.65. The first-order valence-corrected chi connectivity index (χ1v) is 6.67. The van der Waals surface area contributed by atoms with Gasteiger partial charge in [-0.1, -0.05) is 0 Å². The second kappa shape index (κ2) is 8.68. The van der Waals surface area contributed by atoms with Crippen molar-refractivity contribution in [3.63, 3.8) is 0 Å². The number of benzene rings is 1. The maximum atomic E-state index is 11.1. The number of hydrogen-bond donors (Lipinski definition) is 3. The topological polar surface area (TPSA) is 88.7 Å². The number of alkyl carbamates (subject to hydrolysis) is 1. The van der Waals surface area contributed by atoms with E-state index < -0.39 is 6.09 Å². The van der Waals surface area contributed by atoms with E-state index in [4.69, 9.17) is 9.47 Å². The third kappa shape index (κ3) is 6.03. The van der Waals surface area contributed by atoms with Crippen molar-refractivity contribution in [2.45, 2.75) is 13.8 Å². The molecule has 7 heteroatoms. The van der Waals surface area contributed by atoms with Gasteiger partial charge in [0.25, 0.3) is 0 Å². The summed E-state index contributed by atoms with van der Waals surface area (Å²) >= 11 is 0. The Hall–Kier alpha value is -2.44. The van der Waals surface area contributed by atoms with E-state index in [0.29, 0.717) is 30.2 Å². The molecule has 0 aliphatic carbocycles. The molecule has 0 bridgehead atoms. The number of anilines is 2.